The molecule has 0 heterocycles. The molecule has 0 aromatic heterocycles. The van der Waals surface area contributed by atoms with E-state index in [1.165, 1.54) is 6.08 Å². The largest absolute Gasteiger partial charge is 0.494 e. The third-order valence-corrected chi connectivity index (χ3v) is 3.38. The fourth-order valence-corrected chi connectivity index (χ4v) is 2.12. The highest BCUT2D eigenvalue weighted by Gasteiger charge is 2.15. The Morgan fingerprint density at radius 3 is 2.57 bits per heavy atom. The van der Waals surface area contributed by atoms with E-state index in [0.29, 0.717) is 12.4 Å². The maximum Gasteiger partial charge on any atom is 0.331 e. The van der Waals surface area contributed by atoms with Crippen LogP contribution in [0, 0.1) is 15.9 Å². The van der Waals surface area contributed by atoms with Crippen molar-refractivity contribution >= 4 is 29.3 Å². The van der Waals surface area contributed by atoms with Crippen LogP contribution in [0.15, 0.2) is 48.5 Å². The monoisotopic (exact) mass is 388 g/mol. The van der Waals surface area contributed by atoms with Gasteiger partial charge in [0.1, 0.15) is 5.75 Å². The molecule has 0 bridgehead atoms. The lowest BCUT2D eigenvalue weighted by Crippen LogP contribution is -2.20. The van der Waals surface area contributed by atoms with Gasteiger partial charge in [0.05, 0.1) is 11.5 Å². The fraction of sp³-hybridized carbons (Fsp3) is 0.158. The molecule has 1 amide bonds. The molecule has 0 radical (unpaired) electrons. The van der Waals surface area contributed by atoms with E-state index >= 15 is 0 Å². The standard InChI is InChI=1S/C19H17FN2O6/c1-2-27-15-7-3-13(4-8-15)5-10-19(24)28-12-18(23)21-14-6-9-16(20)17(11-14)22(25)26/h3-11H,2,12H2,1H3,(H,21,23)/b10-5+. The molecule has 1 N–H and O–H groups in total. The Labute approximate surface area is 159 Å². The maximum atomic E-state index is 13.3. The molecule has 0 saturated heterocycles. The molecule has 9 heteroatoms. The first-order valence-electron chi connectivity index (χ1n) is 8.20. The Bertz CT molecular complexity index is 896. The highest BCUT2D eigenvalue weighted by atomic mass is 19.1. The summed E-state index contributed by atoms with van der Waals surface area (Å²) in [7, 11) is 0. The number of nitrogens with zero attached hydrogens (tertiary/aromatic N) is 1. The molecule has 0 spiro atoms. The number of esters is 1. The summed E-state index contributed by atoms with van der Waals surface area (Å²) in [5, 5.41) is 13.0. The van der Waals surface area contributed by atoms with Crippen molar-refractivity contribution in [1.29, 1.82) is 0 Å². The van der Waals surface area contributed by atoms with Gasteiger partial charge in [0.2, 0.25) is 5.82 Å². The molecule has 2 aromatic rings. The van der Waals surface area contributed by atoms with Crippen molar-refractivity contribution in [3.8, 4) is 5.75 Å². The summed E-state index contributed by atoms with van der Waals surface area (Å²) in [5.74, 6) is -1.77. The lowest BCUT2D eigenvalue weighted by atomic mass is 10.2. The number of benzene rings is 2. The highest BCUT2D eigenvalue weighted by Crippen LogP contribution is 2.21. The Hall–Kier alpha value is -3.75. The van der Waals surface area contributed by atoms with Crippen molar-refractivity contribution in [2.45, 2.75) is 6.92 Å². The molecule has 0 unspecified atom stereocenters. The van der Waals surface area contributed by atoms with Crippen LogP contribution in [0.1, 0.15) is 12.5 Å². The van der Waals surface area contributed by atoms with E-state index < -0.39 is 34.9 Å². The summed E-state index contributed by atoms with van der Waals surface area (Å²) in [6.45, 7) is 1.82. The van der Waals surface area contributed by atoms with Crippen LogP contribution in [0.2, 0.25) is 0 Å². The molecule has 0 atom stereocenters. The van der Waals surface area contributed by atoms with Gasteiger partial charge in [-0.15, -0.1) is 0 Å². The number of nitrogens with one attached hydrogen (secondary N) is 1. The molecule has 28 heavy (non-hydrogen) atoms. The molecule has 0 fully saturated rings. The van der Waals surface area contributed by atoms with Gasteiger partial charge in [-0.25, -0.2) is 4.79 Å². The van der Waals surface area contributed by atoms with Gasteiger partial charge >= 0.3 is 11.7 Å². The molecule has 0 saturated carbocycles. The van der Waals surface area contributed by atoms with Gasteiger partial charge in [-0.3, -0.25) is 14.9 Å². The van der Waals surface area contributed by atoms with Crippen molar-refractivity contribution < 1.29 is 28.4 Å². The van der Waals surface area contributed by atoms with Gasteiger partial charge in [-0.2, -0.15) is 4.39 Å². The molecule has 0 aliphatic carbocycles. The highest BCUT2D eigenvalue weighted by molar-refractivity contribution is 5.94. The predicted molar refractivity (Wildman–Crippen MR) is 99.3 cm³/mol. The number of halogens is 1. The fourth-order valence-electron chi connectivity index (χ4n) is 2.12. The second-order valence-electron chi connectivity index (χ2n) is 5.41. The number of nitro groups is 1. The minimum absolute atomic E-state index is 0.0130. The van der Waals surface area contributed by atoms with Crippen LogP contribution in [-0.4, -0.2) is 30.0 Å². The average molecular weight is 388 g/mol. The van der Waals surface area contributed by atoms with E-state index in [2.05, 4.69) is 5.32 Å². The number of hydrogen-bond acceptors (Lipinski definition) is 6. The number of carbonyl (C=O) groups is 2. The van der Waals surface area contributed by atoms with Gasteiger partial charge in [0, 0.05) is 17.8 Å². The summed E-state index contributed by atoms with van der Waals surface area (Å²) >= 11 is 0. The van der Waals surface area contributed by atoms with E-state index in [1.807, 2.05) is 6.92 Å². The van der Waals surface area contributed by atoms with E-state index in [1.54, 1.807) is 24.3 Å². The first kappa shape index (κ1) is 20.6. The van der Waals surface area contributed by atoms with E-state index in [-0.39, 0.29) is 5.69 Å². The SMILES string of the molecule is CCOc1ccc(/C=C/C(=O)OCC(=O)Nc2ccc(F)c([N+](=O)[O-])c2)cc1. The maximum absolute atomic E-state index is 13.3. The Morgan fingerprint density at radius 1 is 1.21 bits per heavy atom. The van der Waals surface area contributed by atoms with Crippen LogP contribution in [0.5, 0.6) is 5.75 Å². The summed E-state index contributed by atoms with van der Waals surface area (Å²) in [6.07, 6.45) is 2.67. The summed E-state index contributed by atoms with van der Waals surface area (Å²) in [5.41, 5.74) is -0.0179. The van der Waals surface area contributed by atoms with E-state index in [4.69, 9.17) is 9.47 Å². The first-order valence-corrected chi connectivity index (χ1v) is 8.20. The van der Waals surface area contributed by atoms with Crippen molar-refractivity contribution in [3.63, 3.8) is 0 Å². The second kappa shape index (κ2) is 9.81. The van der Waals surface area contributed by atoms with Gasteiger partial charge < -0.3 is 14.8 Å². The minimum atomic E-state index is -1.02. The molecule has 2 rings (SSSR count). The van der Waals surface area contributed by atoms with Crippen molar-refractivity contribution in [1.82, 2.24) is 0 Å². The van der Waals surface area contributed by atoms with Crippen LogP contribution in [0.3, 0.4) is 0 Å². The predicted octanol–water partition coefficient (Wildman–Crippen LogP) is 3.33. The Kier molecular flexibility index (Phi) is 7.21. The van der Waals surface area contributed by atoms with Crippen LogP contribution < -0.4 is 10.1 Å². The number of anilines is 1. The van der Waals surface area contributed by atoms with Crippen LogP contribution in [0.4, 0.5) is 15.8 Å². The number of amides is 1. The number of ether oxygens (including phenoxy) is 2. The first-order chi connectivity index (χ1) is 13.4. The number of nitro benzene ring substituents is 1. The van der Waals surface area contributed by atoms with Gasteiger partial charge in [0.15, 0.2) is 6.61 Å². The van der Waals surface area contributed by atoms with Crippen molar-refractivity contribution in [2.75, 3.05) is 18.5 Å². The zero-order chi connectivity index (χ0) is 20.5. The molecule has 0 aliphatic heterocycles. The van der Waals surface area contributed by atoms with Crippen LogP contribution >= 0.6 is 0 Å². The van der Waals surface area contributed by atoms with Crippen molar-refractivity contribution in [3.05, 3.63) is 70.0 Å². The van der Waals surface area contributed by atoms with E-state index in [0.717, 1.165) is 29.8 Å². The average Bonchev–Trinajstić information content (AvgIpc) is 2.67. The summed E-state index contributed by atoms with van der Waals surface area (Å²) in [4.78, 5) is 33.2. The number of hydrogen-bond donors (Lipinski definition) is 1. The molecule has 8 nitrogen and oxygen atoms in total. The number of rotatable bonds is 8. The Morgan fingerprint density at radius 2 is 1.93 bits per heavy atom. The molecule has 2 aromatic carbocycles. The van der Waals surface area contributed by atoms with E-state index in [9.17, 15) is 24.1 Å². The molecule has 146 valence electrons. The Balaban J connectivity index is 1.84. The quantitative estimate of drug-likeness (QED) is 0.322. The lowest BCUT2D eigenvalue weighted by molar-refractivity contribution is -0.387. The topological polar surface area (TPSA) is 108 Å². The second-order valence-corrected chi connectivity index (χ2v) is 5.41. The molecular weight excluding hydrogens is 371 g/mol. The number of carbonyl (C=O) groups excluding carboxylic acids is 2. The summed E-state index contributed by atoms with van der Waals surface area (Å²) in [6, 6.07) is 9.91. The third kappa shape index (κ3) is 6.20. The molecular formula is C19H17FN2O6. The van der Waals surface area contributed by atoms with Gasteiger partial charge in [-0.1, -0.05) is 12.1 Å². The van der Waals surface area contributed by atoms with Gasteiger partial charge in [-0.05, 0) is 42.8 Å². The normalized spacial score (nSPS) is 10.5. The van der Waals surface area contributed by atoms with Crippen LogP contribution in [0.25, 0.3) is 6.08 Å². The summed E-state index contributed by atoms with van der Waals surface area (Å²) < 4.78 is 23.4. The zero-order valence-electron chi connectivity index (χ0n) is 14.9. The van der Waals surface area contributed by atoms with Crippen molar-refractivity contribution in [2.24, 2.45) is 0 Å². The van der Waals surface area contributed by atoms with Crippen LogP contribution in [-0.2, 0) is 14.3 Å². The van der Waals surface area contributed by atoms with Gasteiger partial charge in [0.25, 0.3) is 5.91 Å². The lowest BCUT2D eigenvalue weighted by Gasteiger charge is -2.05. The molecule has 0 aliphatic rings. The minimum Gasteiger partial charge on any atom is -0.494 e. The third-order valence-electron chi connectivity index (χ3n) is 3.38. The zero-order valence-corrected chi connectivity index (χ0v) is 14.9. The smallest absolute Gasteiger partial charge is 0.331 e.